The predicted molar refractivity (Wildman–Crippen MR) is 98.0 cm³/mol. The fourth-order valence-corrected chi connectivity index (χ4v) is 6.76. The minimum absolute atomic E-state index is 0.0998. The minimum Gasteiger partial charge on any atom is -0.490 e. The van der Waals surface area contributed by atoms with Gasteiger partial charge in [0.05, 0.1) is 30.1 Å². The number of carbonyl (C=O) groups is 1. The summed E-state index contributed by atoms with van der Waals surface area (Å²) in [5.74, 6) is 1.40. The molecule has 2 saturated carbocycles. The Morgan fingerprint density at radius 1 is 1.19 bits per heavy atom. The maximum Gasteiger partial charge on any atom is 0.233 e. The van der Waals surface area contributed by atoms with Crippen LogP contribution in [-0.2, 0) is 14.8 Å². The molecule has 2 aliphatic carbocycles. The number of hydrogen-bond donors (Lipinski definition) is 1. The predicted octanol–water partition coefficient (Wildman–Crippen LogP) is 2.99. The molecule has 0 aromatic heterocycles. The van der Waals surface area contributed by atoms with Crippen LogP contribution in [0.25, 0.3) is 0 Å². The van der Waals surface area contributed by atoms with Crippen LogP contribution in [0.2, 0.25) is 0 Å². The van der Waals surface area contributed by atoms with E-state index in [-0.39, 0.29) is 17.0 Å². The van der Waals surface area contributed by atoms with Gasteiger partial charge in [0.25, 0.3) is 0 Å². The smallest absolute Gasteiger partial charge is 0.233 e. The number of benzene rings is 1. The van der Waals surface area contributed by atoms with Gasteiger partial charge in [-0.1, -0.05) is 13.8 Å². The van der Waals surface area contributed by atoms with E-state index in [2.05, 4.69) is 4.72 Å². The highest BCUT2D eigenvalue weighted by molar-refractivity contribution is 7.92. The van der Waals surface area contributed by atoms with Gasteiger partial charge in [0.15, 0.2) is 11.5 Å². The van der Waals surface area contributed by atoms with Crippen LogP contribution in [0.1, 0.15) is 39.5 Å². The summed E-state index contributed by atoms with van der Waals surface area (Å²) in [5.41, 5.74) is -0.610. The first-order valence-corrected chi connectivity index (χ1v) is 10.8. The average molecular weight is 379 g/mol. The average Bonchev–Trinajstić information content (AvgIpc) is 2.80. The van der Waals surface area contributed by atoms with E-state index in [1.807, 2.05) is 13.8 Å². The molecule has 142 valence electrons. The van der Waals surface area contributed by atoms with E-state index in [4.69, 9.17) is 9.47 Å². The summed E-state index contributed by atoms with van der Waals surface area (Å²) in [7, 11) is -3.67. The van der Waals surface area contributed by atoms with Crippen molar-refractivity contribution in [1.29, 1.82) is 0 Å². The Kier molecular flexibility index (Phi) is 3.99. The second kappa shape index (κ2) is 5.87. The van der Waals surface area contributed by atoms with Crippen molar-refractivity contribution in [1.82, 2.24) is 0 Å². The first kappa shape index (κ1) is 17.6. The maximum absolute atomic E-state index is 12.9. The number of Topliss-reactive ketones (excluding diaryl/α,β-unsaturated/α-hetero) is 1. The van der Waals surface area contributed by atoms with E-state index in [0.717, 1.165) is 12.8 Å². The van der Waals surface area contributed by atoms with Crippen molar-refractivity contribution >= 4 is 21.5 Å². The van der Waals surface area contributed by atoms with E-state index < -0.39 is 15.4 Å². The molecular weight excluding hydrogens is 354 g/mol. The van der Waals surface area contributed by atoms with E-state index in [1.54, 1.807) is 18.2 Å². The van der Waals surface area contributed by atoms with Crippen LogP contribution >= 0.6 is 0 Å². The molecule has 0 saturated heterocycles. The lowest BCUT2D eigenvalue weighted by molar-refractivity contribution is -0.128. The molecule has 4 rings (SSSR count). The molecule has 6 nitrogen and oxygen atoms in total. The molecule has 2 atom stereocenters. The van der Waals surface area contributed by atoms with Gasteiger partial charge >= 0.3 is 0 Å². The Hall–Kier alpha value is -1.76. The zero-order chi connectivity index (χ0) is 18.6. The third-order valence-corrected chi connectivity index (χ3v) is 8.02. The Balaban J connectivity index is 1.57. The molecule has 26 heavy (non-hydrogen) atoms. The zero-order valence-corrected chi connectivity index (χ0v) is 16.0. The molecule has 0 radical (unpaired) electrons. The lowest BCUT2D eigenvalue weighted by Gasteiger charge is -2.36. The summed E-state index contributed by atoms with van der Waals surface area (Å²) in [5, 5.41) is 0. The number of carbonyl (C=O) groups excluding carboxylic acids is 1. The normalized spacial score (nSPS) is 29.5. The van der Waals surface area contributed by atoms with Crippen molar-refractivity contribution in [3.63, 3.8) is 0 Å². The summed E-state index contributed by atoms with van der Waals surface area (Å²) >= 11 is 0. The number of nitrogens with one attached hydrogen (secondary N) is 1. The largest absolute Gasteiger partial charge is 0.490 e. The Morgan fingerprint density at radius 2 is 1.92 bits per heavy atom. The number of rotatable bonds is 4. The SMILES string of the molecule is CC1(C)[C@H]2CC[C@@]1(CS(=O)(=O)Nc1ccc3c(c1)OCCCO3)C(=O)C2. The van der Waals surface area contributed by atoms with Gasteiger partial charge < -0.3 is 9.47 Å². The van der Waals surface area contributed by atoms with Crippen LogP contribution in [0.5, 0.6) is 11.5 Å². The third kappa shape index (κ3) is 2.68. The molecule has 1 aromatic rings. The molecule has 1 N–H and O–H groups in total. The Labute approximate surface area is 154 Å². The summed E-state index contributed by atoms with van der Waals surface area (Å²) in [6.45, 7) is 5.20. The van der Waals surface area contributed by atoms with Crippen molar-refractivity contribution in [2.24, 2.45) is 16.7 Å². The van der Waals surface area contributed by atoms with Gasteiger partial charge in [-0.2, -0.15) is 0 Å². The second-order valence-corrected chi connectivity index (χ2v) is 9.96. The molecule has 2 bridgehead atoms. The van der Waals surface area contributed by atoms with Crippen molar-refractivity contribution in [2.45, 2.75) is 39.5 Å². The van der Waals surface area contributed by atoms with Crippen LogP contribution in [-0.4, -0.2) is 33.2 Å². The van der Waals surface area contributed by atoms with Crippen molar-refractivity contribution in [3.8, 4) is 11.5 Å². The van der Waals surface area contributed by atoms with Crippen LogP contribution < -0.4 is 14.2 Å². The van der Waals surface area contributed by atoms with Crippen molar-refractivity contribution < 1.29 is 22.7 Å². The molecule has 0 unspecified atom stereocenters. The Bertz CT molecular complexity index is 847. The number of ketones is 1. The lowest BCUT2D eigenvalue weighted by atomic mass is 9.70. The van der Waals surface area contributed by atoms with Crippen molar-refractivity contribution in [3.05, 3.63) is 18.2 Å². The van der Waals surface area contributed by atoms with Gasteiger partial charge in [-0.15, -0.1) is 0 Å². The van der Waals surface area contributed by atoms with Crippen LogP contribution in [0.3, 0.4) is 0 Å². The number of ether oxygens (including phenoxy) is 2. The molecular formula is C19H25NO5S. The first-order valence-electron chi connectivity index (χ1n) is 9.17. The van der Waals surface area contributed by atoms with Crippen LogP contribution in [0, 0.1) is 16.7 Å². The molecule has 1 heterocycles. The second-order valence-electron chi connectivity index (χ2n) is 8.24. The van der Waals surface area contributed by atoms with Gasteiger partial charge in [-0.05, 0) is 36.3 Å². The van der Waals surface area contributed by atoms with Crippen molar-refractivity contribution in [2.75, 3.05) is 23.7 Å². The van der Waals surface area contributed by atoms with Gasteiger partial charge in [-0.3, -0.25) is 9.52 Å². The number of hydrogen-bond acceptors (Lipinski definition) is 5. The lowest BCUT2D eigenvalue weighted by Crippen LogP contribution is -2.43. The number of anilines is 1. The van der Waals surface area contributed by atoms with Crippen LogP contribution in [0.4, 0.5) is 5.69 Å². The maximum atomic E-state index is 12.9. The van der Waals surface area contributed by atoms with Gasteiger partial charge in [0, 0.05) is 18.9 Å². The number of fused-ring (bicyclic) bond motifs is 3. The molecule has 2 fully saturated rings. The highest BCUT2D eigenvalue weighted by Crippen LogP contribution is 2.64. The summed E-state index contributed by atoms with van der Waals surface area (Å²) in [4.78, 5) is 12.6. The molecule has 3 aliphatic rings. The molecule has 0 amide bonds. The molecule has 1 aliphatic heterocycles. The molecule has 7 heteroatoms. The number of sulfonamides is 1. The summed E-state index contributed by atoms with van der Waals surface area (Å²) < 4.78 is 39.6. The summed E-state index contributed by atoms with van der Waals surface area (Å²) in [6.07, 6.45) is 2.88. The monoisotopic (exact) mass is 379 g/mol. The zero-order valence-electron chi connectivity index (χ0n) is 15.2. The van der Waals surface area contributed by atoms with Gasteiger partial charge in [-0.25, -0.2) is 8.42 Å². The van der Waals surface area contributed by atoms with E-state index in [1.165, 1.54) is 0 Å². The van der Waals surface area contributed by atoms with E-state index in [0.29, 0.717) is 49.2 Å². The van der Waals surface area contributed by atoms with E-state index in [9.17, 15) is 13.2 Å². The van der Waals surface area contributed by atoms with Gasteiger partial charge in [0.1, 0.15) is 5.78 Å². The molecule has 0 spiro atoms. The highest BCUT2D eigenvalue weighted by atomic mass is 32.2. The third-order valence-electron chi connectivity index (χ3n) is 6.60. The molecule has 1 aromatic carbocycles. The van der Waals surface area contributed by atoms with E-state index >= 15 is 0 Å². The minimum atomic E-state index is -3.67. The fraction of sp³-hybridized carbons (Fsp3) is 0.632. The fourth-order valence-electron chi connectivity index (χ4n) is 4.87. The topological polar surface area (TPSA) is 81.7 Å². The first-order chi connectivity index (χ1) is 12.2. The Morgan fingerprint density at radius 3 is 2.58 bits per heavy atom. The quantitative estimate of drug-likeness (QED) is 0.870. The standard InChI is InChI=1S/C19H25NO5S/c1-18(2)13-6-7-19(18,17(21)10-13)12-26(22,23)20-14-4-5-15-16(11-14)25-9-3-8-24-15/h4-5,11,13,20H,3,6-10,12H2,1-2H3/t13-,19+/m0/s1. The highest BCUT2D eigenvalue weighted by Gasteiger charge is 2.65. The summed E-state index contributed by atoms with van der Waals surface area (Å²) in [6, 6.07) is 5.03. The van der Waals surface area contributed by atoms with Gasteiger partial charge in [0.2, 0.25) is 10.0 Å². The van der Waals surface area contributed by atoms with Crippen LogP contribution in [0.15, 0.2) is 18.2 Å².